The number of nitrogens with one attached hydrogen (secondary N) is 1. The number of fused-ring (bicyclic) bond motifs is 4. The number of rotatable bonds is 11. The molecular weight excluding hydrogens is 610 g/mol. The predicted octanol–water partition coefficient (Wildman–Crippen LogP) is 3.37. The summed E-state index contributed by atoms with van der Waals surface area (Å²) in [6, 6.07) is 0. The lowest BCUT2D eigenvalue weighted by atomic mass is 9.39. The Labute approximate surface area is 286 Å². The lowest BCUT2D eigenvalue weighted by Crippen LogP contribution is -2.69. The second-order valence-electron chi connectivity index (χ2n) is 17.2. The van der Waals surface area contributed by atoms with Crippen LogP contribution in [0.15, 0.2) is 11.3 Å². The third-order valence-corrected chi connectivity index (χ3v) is 14.7. The Hall–Kier alpha value is -1.51. The monoisotopic (exact) mass is 671 g/mol. The van der Waals surface area contributed by atoms with Gasteiger partial charge in [-0.1, -0.05) is 46.5 Å². The molecule has 1 aliphatic heterocycles. The number of aliphatic hydroxyl groups excluding tert-OH is 4. The van der Waals surface area contributed by atoms with Gasteiger partial charge in [0.1, 0.15) is 6.10 Å². The first-order chi connectivity index (χ1) is 22.6. The number of ketones is 1. The van der Waals surface area contributed by atoms with Gasteiger partial charge in [0.25, 0.3) is 0 Å². The molecule has 0 aromatic carbocycles. The molecule has 1 saturated heterocycles. The Kier molecular flexibility index (Phi) is 9.77. The van der Waals surface area contributed by atoms with E-state index in [1.807, 2.05) is 6.92 Å². The van der Waals surface area contributed by atoms with Gasteiger partial charge in [0.2, 0.25) is 0 Å². The number of carbonyl (C=O) groups is 1. The normalized spacial score (nSPS) is 46.0. The van der Waals surface area contributed by atoms with E-state index in [-0.39, 0.29) is 49.8 Å². The number of hydrogen-bond donors (Lipinski definition) is 7. The molecule has 9 nitrogen and oxygen atoms in total. The quantitative estimate of drug-likeness (QED) is 0.129. The predicted molar refractivity (Wildman–Crippen MR) is 181 cm³/mol. The van der Waals surface area contributed by atoms with Crippen molar-refractivity contribution in [3.05, 3.63) is 11.3 Å². The van der Waals surface area contributed by atoms with Gasteiger partial charge >= 0.3 is 0 Å². The smallest absolute Gasteiger partial charge is 0.186 e. The van der Waals surface area contributed by atoms with E-state index >= 15 is 0 Å². The molecule has 4 fully saturated rings. The van der Waals surface area contributed by atoms with Crippen molar-refractivity contribution in [3.63, 3.8) is 0 Å². The minimum Gasteiger partial charge on any atom is -0.392 e. The summed E-state index contributed by atoms with van der Waals surface area (Å²) in [7, 11) is 0. The van der Waals surface area contributed by atoms with Gasteiger partial charge < -0.3 is 40.7 Å². The molecule has 3 saturated carbocycles. The lowest BCUT2D eigenvalue weighted by Gasteiger charge is -2.65. The van der Waals surface area contributed by atoms with Crippen LogP contribution in [0.4, 0.5) is 0 Å². The summed E-state index contributed by atoms with van der Waals surface area (Å²) in [6.45, 7) is 10.4. The summed E-state index contributed by atoms with van der Waals surface area (Å²) in [6.07, 6.45) is 3.84. The van der Waals surface area contributed by atoms with Crippen LogP contribution in [0, 0.1) is 51.8 Å². The van der Waals surface area contributed by atoms with E-state index in [9.17, 15) is 35.4 Å². The van der Waals surface area contributed by atoms with Crippen molar-refractivity contribution in [1.82, 2.24) is 5.32 Å². The third kappa shape index (κ3) is 5.18. The second-order valence-corrected chi connectivity index (χ2v) is 17.2. The molecule has 7 rings (SSSR count). The van der Waals surface area contributed by atoms with Gasteiger partial charge in [0.05, 0.1) is 53.3 Å². The summed E-state index contributed by atoms with van der Waals surface area (Å²) in [5, 5.41) is 73.4. The topological polar surface area (TPSA) is 160 Å². The van der Waals surface area contributed by atoms with Gasteiger partial charge in [-0.2, -0.15) is 0 Å². The highest BCUT2D eigenvalue weighted by molar-refractivity contribution is 6.03. The van der Waals surface area contributed by atoms with Crippen molar-refractivity contribution in [2.75, 3.05) is 13.2 Å². The average molecular weight is 672 g/mol. The van der Waals surface area contributed by atoms with Gasteiger partial charge in [-0.05, 0) is 93.5 Å². The molecule has 0 amide bonds. The number of allylic oxidation sites excluding steroid dienone is 1. The molecule has 7 N–H and O–H groups in total. The van der Waals surface area contributed by atoms with Crippen molar-refractivity contribution in [3.8, 4) is 11.8 Å². The summed E-state index contributed by atoms with van der Waals surface area (Å²) < 4.78 is 6.25. The molecule has 0 unspecified atom stereocenters. The zero-order chi connectivity index (χ0) is 34.9. The van der Waals surface area contributed by atoms with Gasteiger partial charge in [0.15, 0.2) is 5.78 Å². The summed E-state index contributed by atoms with van der Waals surface area (Å²) in [5.74, 6) is 6.01. The molecule has 0 aromatic heterocycles. The van der Waals surface area contributed by atoms with Crippen LogP contribution in [-0.2, 0) is 9.53 Å². The maximum atomic E-state index is 14.9. The molecule has 2 spiro atoms. The molecule has 9 heteroatoms. The number of carbonyl (C=O) groups excluding carboxylic acids is 1. The lowest BCUT2D eigenvalue weighted by molar-refractivity contribution is -0.205. The molecule has 14 atom stereocenters. The molecule has 0 aromatic rings. The van der Waals surface area contributed by atoms with Crippen molar-refractivity contribution in [2.45, 2.75) is 160 Å². The van der Waals surface area contributed by atoms with Gasteiger partial charge in [-0.15, -0.1) is 11.8 Å². The zero-order valence-corrected chi connectivity index (χ0v) is 29.8. The van der Waals surface area contributed by atoms with E-state index in [2.05, 4.69) is 31.0 Å². The Morgan fingerprint density at radius 1 is 1.06 bits per heavy atom. The molecule has 48 heavy (non-hydrogen) atoms. The Balaban J connectivity index is 1.41. The van der Waals surface area contributed by atoms with Crippen molar-refractivity contribution < 1.29 is 40.2 Å². The van der Waals surface area contributed by atoms with Crippen LogP contribution in [0.25, 0.3) is 0 Å². The summed E-state index contributed by atoms with van der Waals surface area (Å²) in [5.41, 5.74) is -5.01. The van der Waals surface area contributed by atoms with E-state index in [0.717, 1.165) is 12.8 Å². The van der Waals surface area contributed by atoms with Crippen LogP contribution in [0.3, 0.4) is 0 Å². The van der Waals surface area contributed by atoms with Crippen LogP contribution >= 0.6 is 0 Å². The molecule has 1 heterocycles. The largest absolute Gasteiger partial charge is 0.392 e. The molecule has 6 aliphatic carbocycles. The zero-order valence-electron chi connectivity index (χ0n) is 29.8. The van der Waals surface area contributed by atoms with E-state index < -0.39 is 63.9 Å². The summed E-state index contributed by atoms with van der Waals surface area (Å²) in [4.78, 5) is 14.9. The Morgan fingerprint density at radius 3 is 2.48 bits per heavy atom. The van der Waals surface area contributed by atoms with Crippen LogP contribution in [0.1, 0.15) is 118 Å². The fourth-order valence-corrected chi connectivity index (χ4v) is 11.8. The van der Waals surface area contributed by atoms with Crippen LogP contribution < -0.4 is 5.32 Å². The van der Waals surface area contributed by atoms with E-state index in [1.165, 1.54) is 19.3 Å². The number of Topliss-reactive ketones (excluding diaryl/α,β-unsaturated/α-hetero) is 1. The minimum atomic E-state index is -1.61. The number of ether oxygens (including phenoxy) is 1. The number of aliphatic hydroxyl groups is 6. The first-order valence-electron chi connectivity index (χ1n) is 18.9. The first-order valence-corrected chi connectivity index (χ1v) is 18.9. The maximum Gasteiger partial charge on any atom is 0.186 e. The summed E-state index contributed by atoms with van der Waals surface area (Å²) >= 11 is 0. The van der Waals surface area contributed by atoms with Crippen molar-refractivity contribution in [1.29, 1.82) is 0 Å². The standard InChI is InChI=1S/C39H61NO8/c1-6-7-8-9-12-25-22-48-32(24(25)3)34(45)36(5,46)29-14-18-39(47)30-26-13-17-37(29,39)15-10-11-16-38(33(44)31(30)40-21-23(2)41)20-28(43)27(42)19-35(26,38)4/h23-29,32,34,40-43,45-47H,6-9,12-22H2,1-5H3/t23-,24-,25+,26-,27-,28+,29+,32+,34+,35+,36+,37+,38-,39+/m0/s1. The SMILES string of the molecule is CCCCCC[C@@H]1CO[C@@H]([C@@H](O)[C@](C)(O)[C@H]2CC[C@@]3(O)C4=C(NC[C@H](C)O)C(=O)[C@@]56CC#CC[C@@]23CC[C@@H]4[C@@]5(C)C[C@H](O)[C@H](O)C6)[C@H]1C. The van der Waals surface area contributed by atoms with Gasteiger partial charge in [-0.3, -0.25) is 4.79 Å². The Bertz CT molecular complexity index is 1330. The highest BCUT2D eigenvalue weighted by Gasteiger charge is 2.75. The van der Waals surface area contributed by atoms with Crippen molar-refractivity contribution in [2.24, 2.45) is 39.9 Å². The van der Waals surface area contributed by atoms with E-state index in [0.29, 0.717) is 49.5 Å². The molecule has 270 valence electrons. The van der Waals surface area contributed by atoms with Crippen LogP contribution in [0.2, 0.25) is 0 Å². The molecule has 4 bridgehead atoms. The molecule has 7 aliphatic rings. The highest BCUT2D eigenvalue weighted by atomic mass is 16.5. The highest BCUT2D eigenvalue weighted by Crippen LogP contribution is 2.73. The van der Waals surface area contributed by atoms with E-state index in [4.69, 9.17) is 4.74 Å². The maximum absolute atomic E-state index is 14.9. The van der Waals surface area contributed by atoms with Gasteiger partial charge in [-0.25, -0.2) is 0 Å². The van der Waals surface area contributed by atoms with Crippen LogP contribution in [0.5, 0.6) is 0 Å². The molecular formula is C39H61NO8. The second kappa shape index (κ2) is 12.9. The number of hydrogen-bond acceptors (Lipinski definition) is 9. The fraction of sp³-hybridized carbons (Fsp3) is 0.872. The van der Waals surface area contributed by atoms with Gasteiger partial charge in [0, 0.05) is 24.8 Å². The first kappa shape index (κ1) is 36.3. The van der Waals surface area contributed by atoms with E-state index in [1.54, 1.807) is 13.8 Å². The molecule has 0 radical (unpaired) electrons. The average Bonchev–Trinajstić information content (AvgIpc) is 3.55. The minimum absolute atomic E-state index is 0.0709. The number of unbranched alkanes of at least 4 members (excludes halogenated alkanes) is 3. The third-order valence-electron chi connectivity index (χ3n) is 14.7. The van der Waals surface area contributed by atoms with Crippen LogP contribution in [-0.4, -0.2) is 91.3 Å². The Morgan fingerprint density at radius 2 is 1.77 bits per heavy atom. The fourth-order valence-electron chi connectivity index (χ4n) is 11.8. The van der Waals surface area contributed by atoms with Crippen molar-refractivity contribution >= 4 is 5.78 Å².